The number of hydrogen-bond donors (Lipinski definition) is 2. The number of carbonyl (C=O) groups excluding carboxylic acids is 1. The number of hydrogen-bond acceptors (Lipinski definition) is 4. The Bertz CT molecular complexity index is 461. The Hall–Kier alpha value is -1.20. The van der Waals surface area contributed by atoms with Crippen molar-refractivity contribution < 1.29 is 9.53 Å². The summed E-state index contributed by atoms with van der Waals surface area (Å²) in [5.74, 6) is 0.577. The second-order valence-electron chi connectivity index (χ2n) is 5.19. The Kier molecular flexibility index (Phi) is 6.36. The molecule has 0 aliphatic rings. The highest BCUT2D eigenvalue weighted by atomic mass is 35.5. The first kappa shape index (κ1) is 16.9. The molecule has 1 amide bonds. The van der Waals surface area contributed by atoms with E-state index in [-0.39, 0.29) is 0 Å². The zero-order chi connectivity index (χ0) is 15.2. The molecule has 0 unspecified atom stereocenters. The van der Waals surface area contributed by atoms with E-state index in [4.69, 9.17) is 27.9 Å². The lowest BCUT2D eigenvalue weighted by Gasteiger charge is -2.19. The van der Waals surface area contributed by atoms with Crippen molar-refractivity contribution in [2.24, 2.45) is 0 Å². The number of nitrogens with zero attached hydrogens (tertiary/aromatic N) is 1. The van der Waals surface area contributed by atoms with Crippen molar-refractivity contribution in [2.45, 2.75) is 32.8 Å². The van der Waals surface area contributed by atoms with Gasteiger partial charge >= 0.3 is 6.09 Å². The van der Waals surface area contributed by atoms with Crippen molar-refractivity contribution >= 4 is 35.1 Å². The topological polar surface area (TPSA) is 63.2 Å². The molecule has 1 aromatic heterocycles. The Morgan fingerprint density at radius 3 is 2.65 bits per heavy atom. The minimum Gasteiger partial charge on any atom is -0.444 e. The molecule has 2 N–H and O–H groups in total. The summed E-state index contributed by atoms with van der Waals surface area (Å²) in [5, 5.41) is 6.70. The van der Waals surface area contributed by atoms with Gasteiger partial charge in [-0.25, -0.2) is 9.78 Å². The first-order valence-corrected chi connectivity index (χ1v) is 7.05. The summed E-state index contributed by atoms with van der Waals surface area (Å²) in [6, 6.07) is 1.62. The van der Waals surface area contributed by atoms with E-state index in [1.807, 2.05) is 20.8 Å². The van der Waals surface area contributed by atoms with Crippen LogP contribution in [-0.2, 0) is 4.74 Å². The number of pyridine rings is 1. The molecule has 7 heteroatoms. The lowest BCUT2D eigenvalue weighted by atomic mass is 10.2. The average molecular weight is 320 g/mol. The van der Waals surface area contributed by atoms with Crippen molar-refractivity contribution in [3.05, 3.63) is 22.3 Å². The highest BCUT2D eigenvalue weighted by molar-refractivity contribution is 6.35. The van der Waals surface area contributed by atoms with Crippen molar-refractivity contribution in [1.82, 2.24) is 10.3 Å². The number of carbonyl (C=O) groups is 1. The molecule has 0 saturated carbocycles. The summed E-state index contributed by atoms with van der Waals surface area (Å²) in [4.78, 5) is 15.5. The van der Waals surface area contributed by atoms with Crippen LogP contribution in [0.4, 0.5) is 10.6 Å². The molecule has 112 valence electrons. The number of alkyl carbamates (subject to hydrolysis) is 1. The van der Waals surface area contributed by atoms with Crippen LogP contribution in [0.3, 0.4) is 0 Å². The van der Waals surface area contributed by atoms with Gasteiger partial charge in [0, 0.05) is 19.3 Å². The lowest BCUT2D eigenvalue weighted by molar-refractivity contribution is 0.0528. The van der Waals surface area contributed by atoms with Crippen LogP contribution in [0.1, 0.15) is 27.2 Å². The normalized spacial score (nSPS) is 11.1. The van der Waals surface area contributed by atoms with E-state index >= 15 is 0 Å². The summed E-state index contributed by atoms with van der Waals surface area (Å²) in [6.45, 7) is 6.60. The highest BCUT2D eigenvalue weighted by Crippen LogP contribution is 2.22. The summed E-state index contributed by atoms with van der Waals surface area (Å²) < 4.78 is 5.12. The first-order valence-electron chi connectivity index (χ1n) is 6.30. The molecular formula is C13H19Cl2N3O2. The van der Waals surface area contributed by atoms with Crippen LogP contribution >= 0.6 is 23.2 Å². The largest absolute Gasteiger partial charge is 0.444 e. The summed E-state index contributed by atoms with van der Waals surface area (Å²) in [7, 11) is 0. The van der Waals surface area contributed by atoms with E-state index in [1.165, 1.54) is 6.20 Å². The van der Waals surface area contributed by atoms with Crippen molar-refractivity contribution in [3.63, 3.8) is 0 Å². The molecule has 1 aromatic rings. The molecule has 0 aromatic carbocycles. The maximum absolute atomic E-state index is 11.4. The maximum Gasteiger partial charge on any atom is 0.407 e. The number of amides is 1. The molecule has 0 atom stereocenters. The molecule has 5 nitrogen and oxygen atoms in total. The molecule has 0 radical (unpaired) electrons. The predicted octanol–water partition coefficient (Wildman–Crippen LogP) is 3.72. The Morgan fingerprint density at radius 2 is 2.05 bits per heavy atom. The molecule has 20 heavy (non-hydrogen) atoms. The van der Waals surface area contributed by atoms with Gasteiger partial charge < -0.3 is 15.4 Å². The number of ether oxygens (including phenoxy) is 1. The standard InChI is InChI=1S/C13H19Cl2N3O2/c1-13(2,3)20-12(19)17-6-4-5-16-11-10(15)7-9(14)8-18-11/h7-8H,4-6H2,1-3H3,(H,16,18)(H,17,19). The molecule has 0 saturated heterocycles. The van der Waals surface area contributed by atoms with Gasteiger partial charge in [0.05, 0.1) is 10.0 Å². The van der Waals surface area contributed by atoms with Gasteiger partial charge in [0.15, 0.2) is 0 Å². The van der Waals surface area contributed by atoms with E-state index in [2.05, 4.69) is 15.6 Å². The highest BCUT2D eigenvalue weighted by Gasteiger charge is 2.15. The van der Waals surface area contributed by atoms with Crippen LogP contribution in [0.2, 0.25) is 10.0 Å². The monoisotopic (exact) mass is 319 g/mol. The third-order valence-electron chi connectivity index (χ3n) is 2.12. The molecule has 0 aliphatic carbocycles. The fourth-order valence-corrected chi connectivity index (χ4v) is 1.79. The van der Waals surface area contributed by atoms with Gasteiger partial charge in [0.2, 0.25) is 0 Å². The number of aromatic nitrogens is 1. The van der Waals surface area contributed by atoms with Crippen LogP contribution < -0.4 is 10.6 Å². The van der Waals surface area contributed by atoms with Crippen LogP contribution in [0.15, 0.2) is 12.3 Å². The maximum atomic E-state index is 11.4. The summed E-state index contributed by atoms with van der Waals surface area (Å²) >= 11 is 11.7. The third-order valence-corrected chi connectivity index (χ3v) is 2.62. The fraction of sp³-hybridized carbons (Fsp3) is 0.538. The van der Waals surface area contributed by atoms with Crippen LogP contribution in [0.5, 0.6) is 0 Å². The fourth-order valence-electron chi connectivity index (χ4n) is 1.34. The molecular weight excluding hydrogens is 301 g/mol. The van der Waals surface area contributed by atoms with Crippen molar-refractivity contribution in [2.75, 3.05) is 18.4 Å². The Balaban J connectivity index is 2.21. The molecule has 0 spiro atoms. The minimum absolute atomic E-state index is 0.417. The smallest absolute Gasteiger partial charge is 0.407 e. The van der Waals surface area contributed by atoms with Crippen molar-refractivity contribution in [3.8, 4) is 0 Å². The van der Waals surface area contributed by atoms with Gasteiger partial charge in [-0.2, -0.15) is 0 Å². The van der Waals surface area contributed by atoms with E-state index in [9.17, 15) is 4.79 Å². The van der Waals surface area contributed by atoms with Crippen LogP contribution in [0, 0.1) is 0 Å². The SMILES string of the molecule is CC(C)(C)OC(=O)NCCCNc1ncc(Cl)cc1Cl. The average Bonchev–Trinajstić information content (AvgIpc) is 2.28. The van der Waals surface area contributed by atoms with E-state index in [0.29, 0.717) is 29.0 Å². The quantitative estimate of drug-likeness (QED) is 0.812. The van der Waals surface area contributed by atoms with E-state index in [0.717, 1.165) is 6.42 Å². The molecule has 0 bridgehead atoms. The number of anilines is 1. The zero-order valence-corrected chi connectivity index (χ0v) is 13.3. The number of nitrogens with one attached hydrogen (secondary N) is 2. The van der Waals surface area contributed by atoms with Gasteiger partial charge in [-0.05, 0) is 33.3 Å². The van der Waals surface area contributed by atoms with Crippen LogP contribution in [-0.4, -0.2) is 29.8 Å². The summed E-state index contributed by atoms with van der Waals surface area (Å²) in [5.41, 5.74) is -0.483. The molecule has 0 aliphatic heterocycles. The third kappa shape index (κ3) is 6.82. The molecule has 0 fully saturated rings. The van der Waals surface area contributed by atoms with Crippen LogP contribution in [0.25, 0.3) is 0 Å². The van der Waals surface area contributed by atoms with Gasteiger partial charge in [-0.3, -0.25) is 0 Å². The Morgan fingerprint density at radius 1 is 1.35 bits per heavy atom. The predicted molar refractivity (Wildman–Crippen MR) is 81.6 cm³/mol. The second kappa shape index (κ2) is 7.55. The van der Waals surface area contributed by atoms with Gasteiger partial charge in [0.1, 0.15) is 11.4 Å². The summed E-state index contributed by atoms with van der Waals surface area (Å²) in [6.07, 6.45) is 1.83. The van der Waals surface area contributed by atoms with E-state index in [1.54, 1.807) is 6.07 Å². The molecule has 1 heterocycles. The number of rotatable bonds is 5. The minimum atomic E-state index is -0.483. The Labute approximate surface area is 129 Å². The van der Waals surface area contributed by atoms with Gasteiger partial charge in [0.25, 0.3) is 0 Å². The van der Waals surface area contributed by atoms with Crippen molar-refractivity contribution in [1.29, 1.82) is 0 Å². The molecule has 1 rings (SSSR count). The lowest BCUT2D eigenvalue weighted by Crippen LogP contribution is -2.33. The first-order chi connectivity index (χ1) is 9.28. The second-order valence-corrected chi connectivity index (χ2v) is 6.04. The number of halogens is 2. The zero-order valence-electron chi connectivity index (χ0n) is 11.8. The van der Waals surface area contributed by atoms with Gasteiger partial charge in [-0.1, -0.05) is 23.2 Å². The van der Waals surface area contributed by atoms with Gasteiger partial charge in [-0.15, -0.1) is 0 Å². The van der Waals surface area contributed by atoms with E-state index < -0.39 is 11.7 Å².